The molecule has 5 nitrogen and oxygen atoms in total. The third-order valence-corrected chi connectivity index (χ3v) is 4.19. The Balaban J connectivity index is 1.85. The highest BCUT2D eigenvalue weighted by Crippen LogP contribution is 2.34. The highest BCUT2D eigenvalue weighted by molar-refractivity contribution is 5.23. The zero-order valence-electron chi connectivity index (χ0n) is 13.2. The van der Waals surface area contributed by atoms with Crippen LogP contribution in [0.15, 0.2) is 24.5 Å². The van der Waals surface area contributed by atoms with Crippen molar-refractivity contribution in [3.05, 3.63) is 47.5 Å². The van der Waals surface area contributed by atoms with Crippen molar-refractivity contribution in [2.45, 2.75) is 45.0 Å². The van der Waals surface area contributed by atoms with Crippen LogP contribution >= 0.6 is 0 Å². The summed E-state index contributed by atoms with van der Waals surface area (Å²) in [5.41, 5.74) is 0.663. The molecule has 7 heteroatoms. The summed E-state index contributed by atoms with van der Waals surface area (Å²) >= 11 is 0. The van der Waals surface area contributed by atoms with Gasteiger partial charge in [-0.2, -0.15) is 5.10 Å². The Morgan fingerprint density at radius 3 is 2.78 bits per heavy atom. The Labute approximate surface area is 133 Å². The number of halogens is 2. The number of β-amino-alcohol motifs (C(OH)–C–C–N with tert-alkyl or cyclic N) is 1. The Kier molecular flexibility index (Phi) is 4.41. The number of aromatic nitrogens is 3. The molecule has 0 saturated carbocycles. The standard InChI is InChI=1S/C16H20F2N4O/c1-10(2)22-16(19-9-20-22)8-21-7-12(23)6-15(21)11-3-4-13(17)14(18)5-11/h3-5,9-10,12,15,23H,6-8H2,1-2H3/t12-,15+/m0/s1. The van der Waals surface area contributed by atoms with Crippen LogP contribution in [0.3, 0.4) is 0 Å². The lowest BCUT2D eigenvalue weighted by Gasteiger charge is -2.24. The first-order chi connectivity index (χ1) is 11.0. The minimum atomic E-state index is -0.866. The first-order valence-electron chi connectivity index (χ1n) is 7.71. The van der Waals surface area contributed by atoms with Crippen molar-refractivity contribution in [2.24, 2.45) is 0 Å². The summed E-state index contributed by atoms with van der Waals surface area (Å²) in [4.78, 5) is 6.31. The molecule has 1 aliphatic rings. The van der Waals surface area contributed by atoms with Crippen LogP contribution in [-0.2, 0) is 6.54 Å². The first kappa shape index (κ1) is 16.0. The van der Waals surface area contributed by atoms with Crippen molar-refractivity contribution in [1.29, 1.82) is 0 Å². The molecule has 3 rings (SSSR count). The van der Waals surface area contributed by atoms with Gasteiger partial charge >= 0.3 is 0 Å². The van der Waals surface area contributed by atoms with E-state index in [1.54, 1.807) is 6.07 Å². The van der Waals surface area contributed by atoms with E-state index in [4.69, 9.17) is 0 Å². The smallest absolute Gasteiger partial charge is 0.159 e. The molecule has 1 saturated heterocycles. The summed E-state index contributed by atoms with van der Waals surface area (Å²) in [7, 11) is 0. The summed E-state index contributed by atoms with van der Waals surface area (Å²) in [5.74, 6) is -0.936. The van der Waals surface area contributed by atoms with E-state index in [1.807, 2.05) is 23.4 Å². The van der Waals surface area contributed by atoms with Crippen molar-refractivity contribution in [1.82, 2.24) is 19.7 Å². The quantitative estimate of drug-likeness (QED) is 0.939. The van der Waals surface area contributed by atoms with Gasteiger partial charge in [0, 0.05) is 18.6 Å². The summed E-state index contributed by atoms with van der Waals surface area (Å²) in [6, 6.07) is 3.92. The SMILES string of the molecule is CC(C)n1ncnc1CN1C[C@@H](O)C[C@@H]1c1ccc(F)c(F)c1. The van der Waals surface area contributed by atoms with E-state index in [0.717, 1.165) is 11.9 Å². The number of aliphatic hydroxyl groups excluding tert-OH is 1. The van der Waals surface area contributed by atoms with Gasteiger partial charge in [0.15, 0.2) is 11.6 Å². The monoisotopic (exact) mass is 322 g/mol. The van der Waals surface area contributed by atoms with E-state index < -0.39 is 17.7 Å². The molecule has 0 unspecified atom stereocenters. The number of hydrogen-bond acceptors (Lipinski definition) is 4. The molecular formula is C16H20F2N4O. The summed E-state index contributed by atoms with van der Waals surface area (Å²) in [6.45, 7) is 5.00. The zero-order chi connectivity index (χ0) is 16.6. The maximum absolute atomic E-state index is 13.5. The third kappa shape index (κ3) is 3.25. The van der Waals surface area contributed by atoms with Crippen LogP contribution in [0.25, 0.3) is 0 Å². The molecule has 0 radical (unpaired) electrons. The molecule has 1 aliphatic heterocycles. The minimum absolute atomic E-state index is 0.169. The maximum atomic E-state index is 13.5. The lowest BCUT2D eigenvalue weighted by molar-refractivity contribution is 0.170. The molecule has 0 spiro atoms. The molecule has 1 aromatic heterocycles. The van der Waals surface area contributed by atoms with Crippen LogP contribution in [0.4, 0.5) is 8.78 Å². The fraction of sp³-hybridized carbons (Fsp3) is 0.500. The fourth-order valence-electron chi connectivity index (χ4n) is 3.12. The third-order valence-electron chi connectivity index (χ3n) is 4.19. The van der Waals surface area contributed by atoms with Gasteiger partial charge in [0.2, 0.25) is 0 Å². The molecule has 2 heterocycles. The van der Waals surface area contributed by atoms with Crippen molar-refractivity contribution in [3.8, 4) is 0 Å². The van der Waals surface area contributed by atoms with E-state index in [0.29, 0.717) is 25.1 Å². The second kappa shape index (κ2) is 6.33. The number of benzene rings is 1. The fourth-order valence-corrected chi connectivity index (χ4v) is 3.12. The van der Waals surface area contributed by atoms with Gasteiger partial charge in [-0.1, -0.05) is 6.07 Å². The second-order valence-electron chi connectivity index (χ2n) is 6.22. The van der Waals surface area contributed by atoms with Crippen LogP contribution < -0.4 is 0 Å². The molecule has 2 atom stereocenters. The number of rotatable bonds is 4. The van der Waals surface area contributed by atoms with Crippen molar-refractivity contribution in [2.75, 3.05) is 6.54 Å². The van der Waals surface area contributed by atoms with Crippen LogP contribution in [0.2, 0.25) is 0 Å². The molecule has 0 amide bonds. The van der Waals surface area contributed by atoms with Crippen LogP contribution in [0, 0.1) is 11.6 Å². The molecule has 124 valence electrons. The molecular weight excluding hydrogens is 302 g/mol. The number of aliphatic hydroxyl groups is 1. The van der Waals surface area contributed by atoms with Crippen molar-refractivity contribution in [3.63, 3.8) is 0 Å². The zero-order valence-corrected chi connectivity index (χ0v) is 13.2. The molecule has 23 heavy (non-hydrogen) atoms. The predicted molar refractivity (Wildman–Crippen MR) is 80.5 cm³/mol. The molecule has 1 N–H and O–H groups in total. The maximum Gasteiger partial charge on any atom is 0.159 e. The summed E-state index contributed by atoms with van der Waals surface area (Å²) in [5, 5.41) is 14.2. The second-order valence-corrected chi connectivity index (χ2v) is 6.22. The summed E-state index contributed by atoms with van der Waals surface area (Å²) in [6.07, 6.45) is 1.50. The van der Waals surface area contributed by atoms with Gasteiger partial charge in [-0.25, -0.2) is 18.4 Å². The molecule has 0 bridgehead atoms. The highest BCUT2D eigenvalue weighted by atomic mass is 19.2. The first-order valence-corrected chi connectivity index (χ1v) is 7.71. The van der Waals surface area contributed by atoms with Gasteiger partial charge in [0.1, 0.15) is 12.2 Å². The van der Waals surface area contributed by atoms with Gasteiger partial charge in [-0.15, -0.1) is 0 Å². The predicted octanol–water partition coefficient (Wildman–Crippen LogP) is 2.45. The van der Waals surface area contributed by atoms with E-state index in [-0.39, 0.29) is 12.1 Å². The van der Waals surface area contributed by atoms with E-state index >= 15 is 0 Å². The Hall–Kier alpha value is -1.86. The lowest BCUT2D eigenvalue weighted by atomic mass is 10.0. The Morgan fingerprint density at radius 2 is 2.09 bits per heavy atom. The van der Waals surface area contributed by atoms with E-state index in [2.05, 4.69) is 10.1 Å². The van der Waals surface area contributed by atoms with E-state index in [1.165, 1.54) is 12.4 Å². The van der Waals surface area contributed by atoms with E-state index in [9.17, 15) is 13.9 Å². The molecule has 1 fully saturated rings. The number of nitrogens with zero attached hydrogens (tertiary/aromatic N) is 4. The van der Waals surface area contributed by atoms with Crippen LogP contribution in [0.1, 0.15) is 43.7 Å². The van der Waals surface area contributed by atoms with Crippen molar-refractivity contribution < 1.29 is 13.9 Å². The minimum Gasteiger partial charge on any atom is -0.392 e. The lowest BCUT2D eigenvalue weighted by Crippen LogP contribution is -2.26. The summed E-state index contributed by atoms with van der Waals surface area (Å²) < 4.78 is 28.5. The van der Waals surface area contributed by atoms with Crippen LogP contribution in [0.5, 0.6) is 0 Å². The highest BCUT2D eigenvalue weighted by Gasteiger charge is 2.33. The number of hydrogen-bond donors (Lipinski definition) is 1. The molecule has 2 aromatic rings. The Morgan fingerprint density at radius 1 is 1.30 bits per heavy atom. The van der Waals surface area contributed by atoms with Crippen molar-refractivity contribution >= 4 is 0 Å². The van der Waals surface area contributed by atoms with Gasteiger partial charge in [-0.05, 0) is 38.0 Å². The van der Waals surface area contributed by atoms with Crippen LogP contribution in [-0.4, -0.2) is 37.4 Å². The average molecular weight is 322 g/mol. The largest absolute Gasteiger partial charge is 0.392 e. The molecule has 0 aliphatic carbocycles. The van der Waals surface area contributed by atoms with Gasteiger partial charge in [-0.3, -0.25) is 4.90 Å². The number of likely N-dealkylation sites (tertiary alicyclic amines) is 1. The van der Waals surface area contributed by atoms with Gasteiger partial charge in [0.25, 0.3) is 0 Å². The topological polar surface area (TPSA) is 54.2 Å². The van der Waals surface area contributed by atoms with Gasteiger partial charge in [0.05, 0.1) is 12.6 Å². The molecule has 1 aromatic carbocycles. The van der Waals surface area contributed by atoms with Gasteiger partial charge < -0.3 is 5.11 Å². The normalized spacial score (nSPS) is 22.2. The Bertz CT molecular complexity index is 688. The average Bonchev–Trinajstić information content (AvgIpc) is 3.09.